The zero-order chi connectivity index (χ0) is 23.9. The Morgan fingerprint density at radius 3 is 2.41 bits per heavy atom. The highest BCUT2D eigenvalue weighted by atomic mass is 35.5. The number of thioether (sulfide) groups is 1. The van der Waals surface area contributed by atoms with Crippen LogP contribution in [0.2, 0.25) is 5.02 Å². The molecule has 1 heterocycles. The number of aromatic nitrogens is 2. The molecule has 0 spiro atoms. The maximum atomic E-state index is 12.5. The normalized spacial score (nSPS) is 10.5. The van der Waals surface area contributed by atoms with Gasteiger partial charge in [-0.25, -0.2) is 9.97 Å². The lowest BCUT2D eigenvalue weighted by molar-refractivity contribution is -0.114. The van der Waals surface area contributed by atoms with Gasteiger partial charge in [0.2, 0.25) is 11.8 Å². The number of benzene rings is 3. The summed E-state index contributed by atoms with van der Waals surface area (Å²) in [4.78, 5) is 33.2. The van der Waals surface area contributed by atoms with Crippen molar-refractivity contribution in [2.45, 2.75) is 5.16 Å². The molecule has 1 aromatic heterocycles. The van der Waals surface area contributed by atoms with Gasteiger partial charge >= 0.3 is 0 Å². The number of anilines is 4. The number of para-hydroxylation sites is 1. The van der Waals surface area contributed by atoms with Gasteiger partial charge in [-0.05, 0) is 60.7 Å². The summed E-state index contributed by atoms with van der Waals surface area (Å²) in [5.41, 5.74) is 2.73. The van der Waals surface area contributed by atoms with Gasteiger partial charge in [-0.2, -0.15) is 0 Å². The highest BCUT2D eigenvalue weighted by Gasteiger charge is 2.11. The smallest absolute Gasteiger partial charge is 0.247 e. The summed E-state index contributed by atoms with van der Waals surface area (Å²) < 4.78 is 0. The fraction of sp³-hybridized carbons (Fsp3) is 0.0400. The maximum absolute atomic E-state index is 12.5. The first-order valence-electron chi connectivity index (χ1n) is 10.3. The van der Waals surface area contributed by atoms with Crippen molar-refractivity contribution in [1.29, 1.82) is 0 Å². The van der Waals surface area contributed by atoms with Crippen LogP contribution in [0.4, 0.5) is 22.9 Å². The van der Waals surface area contributed by atoms with E-state index in [1.165, 1.54) is 17.8 Å². The molecular formula is C25H20ClN5O2S. The number of rotatable bonds is 8. The number of hydrogen-bond acceptors (Lipinski definition) is 6. The largest absolute Gasteiger partial charge is 0.340 e. The molecular weight excluding hydrogens is 470 g/mol. The Bertz CT molecular complexity index is 1360. The van der Waals surface area contributed by atoms with Gasteiger partial charge in [0.05, 0.1) is 11.3 Å². The summed E-state index contributed by atoms with van der Waals surface area (Å²) in [5.74, 6) is 0.209. The standard InChI is InChI=1S/C25H20ClN5O2S/c1-2-22(32)27-18-6-5-7-19(14-18)28-23(33)15-34-25-30-21-9-4-3-8-20(21)24(31-25)29-17-12-10-16(26)11-13-17/h2-14H,1,15H2,(H,27,32)(H,28,33)(H,29,30,31). The van der Waals surface area contributed by atoms with E-state index in [1.54, 1.807) is 36.4 Å². The van der Waals surface area contributed by atoms with Crippen LogP contribution in [0.3, 0.4) is 0 Å². The van der Waals surface area contributed by atoms with E-state index in [0.717, 1.165) is 16.6 Å². The second-order valence-electron chi connectivity index (χ2n) is 7.11. The first kappa shape index (κ1) is 23.3. The van der Waals surface area contributed by atoms with E-state index in [-0.39, 0.29) is 17.6 Å². The van der Waals surface area contributed by atoms with Crippen LogP contribution in [0.25, 0.3) is 10.9 Å². The topological polar surface area (TPSA) is 96.0 Å². The number of nitrogens with one attached hydrogen (secondary N) is 3. The van der Waals surface area contributed by atoms with Crippen LogP contribution >= 0.6 is 23.4 Å². The molecule has 0 fully saturated rings. The highest BCUT2D eigenvalue weighted by Crippen LogP contribution is 2.27. The number of nitrogens with zero attached hydrogens (tertiary/aromatic N) is 2. The van der Waals surface area contributed by atoms with Crippen LogP contribution in [-0.4, -0.2) is 27.5 Å². The molecule has 4 rings (SSSR count). The van der Waals surface area contributed by atoms with E-state index in [4.69, 9.17) is 11.6 Å². The molecule has 0 atom stereocenters. The fourth-order valence-corrected chi connectivity index (χ4v) is 3.86. The molecule has 7 nitrogen and oxygen atoms in total. The first-order chi connectivity index (χ1) is 16.5. The van der Waals surface area contributed by atoms with Gasteiger partial charge in [-0.3, -0.25) is 9.59 Å². The number of hydrogen-bond donors (Lipinski definition) is 3. The maximum Gasteiger partial charge on any atom is 0.247 e. The average Bonchev–Trinajstić information content (AvgIpc) is 2.84. The molecule has 0 aliphatic rings. The molecule has 3 aromatic carbocycles. The number of fused-ring (bicyclic) bond motifs is 1. The molecule has 170 valence electrons. The Labute approximate surface area is 205 Å². The van der Waals surface area contributed by atoms with E-state index < -0.39 is 0 Å². The zero-order valence-electron chi connectivity index (χ0n) is 17.9. The van der Waals surface area contributed by atoms with Crippen LogP contribution in [0.5, 0.6) is 0 Å². The third kappa shape index (κ3) is 6.12. The van der Waals surface area contributed by atoms with Crippen LogP contribution in [0, 0.1) is 0 Å². The summed E-state index contributed by atoms with van der Waals surface area (Å²) in [5, 5.41) is 10.8. The average molecular weight is 490 g/mol. The molecule has 0 bridgehead atoms. The lowest BCUT2D eigenvalue weighted by Gasteiger charge is -2.11. The van der Waals surface area contributed by atoms with Crippen LogP contribution < -0.4 is 16.0 Å². The minimum atomic E-state index is -0.324. The lowest BCUT2D eigenvalue weighted by Crippen LogP contribution is -2.15. The van der Waals surface area contributed by atoms with Crippen LogP contribution in [0.1, 0.15) is 0 Å². The zero-order valence-corrected chi connectivity index (χ0v) is 19.5. The third-order valence-electron chi connectivity index (χ3n) is 4.62. The first-order valence-corrected chi connectivity index (χ1v) is 11.6. The van der Waals surface area contributed by atoms with Crippen molar-refractivity contribution in [3.63, 3.8) is 0 Å². The van der Waals surface area contributed by atoms with Gasteiger partial charge < -0.3 is 16.0 Å². The molecule has 3 N–H and O–H groups in total. The van der Waals surface area contributed by atoms with E-state index in [9.17, 15) is 9.59 Å². The molecule has 0 saturated carbocycles. The van der Waals surface area contributed by atoms with Crippen molar-refractivity contribution in [2.24, 2.45) is 0 Å². The van der Waals surface area contributed by atoms with Gasteiger partial charge in [-0.15, -0.1) is 0 Å². The van der Waals surface area contributed by atoms with E-state index in [2.05, 4.69) is 32.5 Å². The minimum absolute atomic E-state index is 0.113. The van der Waals surface area contributed by atoms with Gasteiger partial charge in [0, 0.05) is 27.5 Å². The van der Waals surface area contributed by atoms with Crippen LogP contribution in [0.15, 0.2) is 90.6 Å². The Morgan fingerprint density at radius 2 is 1.65 bits per heavy atom. The van der Waals surface area contributed by atoms with Crippen molar-refractivity contribution in [1.82, 2.24) is 9.97 Å². The van der Waals surface area contributed by atoms with Gasteiger partial charge in [-0.1, -0.05) is 48.1 Å². The number of amides is 2. The van der Waals surface area contributed by atoms with E-state index in [1.807, 2.05) is 36.4 Å². The molecule has 0 aliphatic carbocycles. The van der Waals surface area contributed by atoms with Crippen molar-refractivity contribution in [3.8, 4) is 0 Å². The molecule has 0 saturated heterocycles. The molecule has 34 heavy (non-hydrogen) atoms. The fourth-order valence-electron chi connectivity index (χ4n) is 3.08. The SMILES string of the molecule is C=CC(=O)Nc1cccc(NC(=O)CSc2nc(Nc3ccc(Cl)cc3)c3ccccc3n2)c1. The van der Waals surface area contributed by atoms with Gasteiger partial charge in [0.25, 0.3) is 0 Å². The molecule has 2 amide bonds. The number of carbonyl (C=O) groups is 2. The number of carbonyl (C=O) groups excluding carboxylic acids is 2. The van der Waals surface area contributed by atoms with Gasteiger partial charge in [0.1, 0.15) is 5.82 Å². The summed E-state index contributed by atoms with van der Waals surface area (Å²) in [6.45, 7) is 3.43. The quantitative estimate of drug-likeness (QED) is 0.162. The van der Waals surface area contributed by atoms with E-state index in [0.29, 0.717) is 27.4 Å². The van der Waals surface area contributed by atoms with Crippen molar-refractivity contribution in [3.05, 3.63) is 90.5 Å². The Balaban J connectivity index is 1.46. The lowest BCUT2D eigenvalue weighted by atomic mass is 10.2. The second kappa shape index (κ2) is 10.8. The third-order valence-corrected chi connectivity index (χ3v) is 5.72. The molecule has 0 aliphatic heterocycles. The van der Waals surface area contributed by atoms with Crippen molar-refractivity contribution >= 4 is 69.0 Å². The predicted molar refractivity (Wildman–Crippen MR) is 139 cm³/mol. The van der Waals surface area contributed by atoms with Gasteiger partial charge in [0.15, 0.2) is 5.16 Å². The van der Waals surface area contributed by atoms with E-state index >= 15 is 0 Å². The monoisotopic (exact) mass is 489 g/mol. The van der Waals surface area contributed by atoms with Crippen molar-refractivity contribution < 1.29 is 9.59 Å². The minimum Gasteiger partial charge on any atom is -0.340 e. The summed E-state index contributed by atoms with van der Waals surface area (Å²) >= 11 is 7.21. The predicted octanol–water partition coefficient (Wildman–Crippen LogP) is 5.88. The molecule has 4 aromatic rings. The second-order valence-corrected chi connectivity index (χ2v) is 8.49. The van der Waals surface area contributed by atoms with Crippen LogP contribution in [-0.2, 0) is 9.59 Å². The highest BCUT2D eigenvalue weighted by molar-refractivity contribution is 7.99. The molecule has 0 unspecified atom stereocenters. The Morgan fingerprint density at radius 1 is 0.912 bits per heavy atom. The van der Waals surface area contributed by atoms with Crippen molar-refractivity contribution in [2.75, 3.05) is 21.7 Å². The Kier molecular flexibility index (Phi) is 7.41. The summed E-state index contributed by atoms with van der Waals surface area (Å²) in [6.07, 6.45) is 1.18. The Hall–Kier alpha value is -3.88. The number of halogens is 1. The summed E-state index contributed by atoms with van der Waals surface area (Å²) in [7, 11) is 0. The summed E-state index contributed by atoms with van der Waals surface area (Å²) in [6, 6.07) is 21.9. The molecule has 9 heteroatoms. The molecule has 0 radical (unpaired) electrons.